The van der Waals surface area contributed by atoms with E-state index in [2.05, 4.69) is 22.3 Å². The molecule has 0 unspecified atom stereocenters. The molecule has 1 aromatic carbocycles. The van der Waals surface area contributed by atoms with Crippen molar-refractivity contribution in [2.75, 3.05) is 36.5 Å². The van der Waals surface area contributed by atoms with Crippen molar-refractivity contribution in [3.63, 3.8) is 0 Å². The van der Waals surface area contributed by atoms with Gasteiger partial charge in [-0.05, 0) is 74.8 Å². The third-order valence-electron chi connectivity index (χ3n) is 7.27. The quantitative estimate of drug-likeness (QED) is 0.673. The molecule has 2 N–H and O–H groups in total. The van der Waals surface area contributed by atoms with Crippen LogP contribution in [0.15, 0.2) is 34.7 Å². The van der Waals surface area contributed by atoms with E-state index < -0.39 is 5.60 Å². The van der Waals surface area contributed by atoms with Gasteiger partial charge >= 0.3 is 0 Å². The van der Waals surface area contributed by atoms with Crippen molar-refractivity contribution in [1.29, 1.82) is 0 Å². The number of nitrogens with zero attached hydrogens (tertiary/aromatic N) is 1. The molecule has 1 amide bonds. The number of rotatable bonds is 6. The second kappa shape index (κ2) is 8.91. The van der Waals surface area contributed by atoms with E-state index >= 15 is 0 Å². The van der Waals surface area contributed by atoms with Gasteiger partial charge in [-0.2, -0.15) is 0 Å². The van der Waals surface area contributed by atoms with Crippen molar-refractivity contribution >= 4 is 17.3 Å². The molecule has 0 radical (unpaired) electrons. The number of ether oxygens (including phenoxy) is 1. The third kappa shape index (κ3) is 4.86. The van der Waals surface area contributed by atoms with Gasteiger partial charge in [0, 0.05) is 32.2 Å². The summed E-state index contributed by atoms with van der Waals surface area (Å²) in [6, 6.07) is 9.86. The Kier molecular flexibility index (Phi) is 5.99. The Morgan fingerprint density at radius 2 is 1.88 bits per heavy atom. The molecular weight excluding hydrogens is 404 g/mol. The van der Waals surface area contributed by atoms with Gasteiger partial charge in [-0.15, -0.1) is 0 Å². The lowest BCUT2D eigenvalue weighted by molar-refractivity contribution is 0.00297. The Bertz CT molecular complexity index is 950. The van der Waals surface area contributed by atoms with E-state index in [4.69, 9.17) is 9.15 Å². The highest BCUT2D eigenvalue weighted by Gasteiger charge is 2.38. The molecule has 1 aliphatic carbocycles. The zero-order valence-electron chi connectivity index (χ0n) is 18.9. The van der Waals surface area contributed by atoms with Crippen LogP contribution in [0.25, 0.3) is 0 Å². The fourth-order valence-electron chi connectivity index (χ4n) is 5.11. The van der Waals surface area contributed by atoms with E-state index in [0.717, 1.165) is 87.0 Å². The van der Waals surface area contributed by atoms with Gasteiger partial charge in [0.15, 0.2) is 5.76 Å². The summed E-state index contributed by atoms with van der Waals surface area (Å²) in [6.07, 6.45) is 6.88. The molecule has 1 aromatic heterocycles. The summed E-state index contributed by atoms with van der Waals surface area (Å²) < 4.78 is 11.4. The minimum Gasteiger partial charge on any atom is -0.456 e. The fourth-order valence-corrected chi connectivity index (χ4v) is 5.11. The summed E-state index contributed by atoms with van der Waals surface area (Å²) in [5.41, 5.74) is 2.37. The number of anilines is 2. The third-order valence-corrected chi connectivity index (χ3v) is 7.27. The summed E-state index contributed by atoms with van der Waals surface area (Å²) in [4.78, 5) is 15.3. The van der Waals surface area contributed by atoms with E-state index in [1.165, 1.54) is 12.8 Å². The smallest absolute Gasteiger partial charge is 0.291 e. The first-order valence-electron chi connectivity index (χ1n) is 12.1. The summed E-state index contributed by atoms with van der Waals surface area (Å²) in [6.45, 7) is 5.10. The van der Waals surface area contributed by atoms with E-state index in [0.29, 0.717) is 11.7 Å². The second-order valence-electron chi connectivity index (χ2n) is 9.92. The normalized spacial score (nSPS) is 21.5. The first-order chi connectivity index (χ1) is 15.5. The molecule has 0 atom stereocenters. The van der Waals surface area contributed by atoms with Crippen molar-refractivity contribution < 1.29 is 19.1 Å². The lowest BCUT2D eigenvalue weighted by atomic mass is 9.86. The predicted molar refractivity (Wildman–Crippen MR) is 124 cm³/mol. The van der Waals surface area contributed by atoms with Crippen LogP contribution in [0.5, 0.6) is 0 Å². The van der Waals surface area contributed by atoms with Gasteiger partial charge in [0.05, 0.1) is 17.0 Å². The molecule has 5 rings (SSSR count). The van der Waals surface area contributed by atoms with Gasteiger partial charge in [0.1, 0.15) is 5.76 Å². The number of nitrogens with one attached hydrogen (secondary N) is 1. The number of carbonyl (C=O) groups is 1. The maximum atomic E-state index is 13.0. The van der Waals surface area contributed by atoms with Crippen LogP contribution in [0.1, 0.15) is 72.7 Å². The van der Waals surface area contributed by atoms with Crippen LogP contribution in [0.4, 0.5) is 11.4 Å². The number of piperidine rings is 1. The predicted octanol–water partition coefficient (Wildman–Crippen LogP) is 4.87. The van der Waals surface area contributed by atoms with Crippen LogP contribution in [0.2, 0.25) is 0 Å². The highest BCUT2D eigenvalue weighted by Crippen LogP contribution is 2.41. The molecule has 0 bridgehead atoms. The number of hydrogen-bond acceptors (Lipinski definition) is 5. The van der Waals surface area contributed by atoms with Gasteiger partial charge in [-0.25, -0.2) is 0 Å². The van der Waals surface area contributed by atoms with Crippen LogP contribution in [0.3, 0.4) is 0 Å². The molecule has 172 valence electrons. The average Bonchev–Trinajstić information content (AvgIpc) is 3.45. The number of aliphatic hydroxyl groups is 1. The molecule has 2 aliphatic heterocycles. The maximum absolute atomic E-state index is 13.0. The Hall–Kier alpha value is -2.31. The molecule has 3 aliphatic rings. The number of carbonyl (C=O) groups excluding carboxylic acids is 1. The summed E-state index contributed by atoms with van der Waals surface area (Å²) in [5, 5.41) is 14.0. The molecular formula is C26H34N2O4. The summed E-state index contributed by atoms with van der Waals surface area (Å²) >= 11 is 0. The van der Waals surface area contributed by atoms with Crippen LogP contribution in [-0.2, 0) is 4.74 Å². The number of benzene rings is 1. The Labute approximate surface area is 189 Å². The van der Waals surface area contributed by atoms with Gasteiger partial charge in [-0.3, -0.25) is 4.79 Å². The highest BCUT2D eigenvalue weighted by molar-refractivity contribution is 6.04. The van der Waals surface area contributed by atoms with Gasteiger partial charge < -0.3 is 24.5 Å². The SMILES string of the molecule is Cc1ccc(N2CCC(O)(CC3CC3)CC2)c(NC(=O)c2ccc(C3CCOCC3)o2)c1. The van der Waals surface area contributed by atoms with E-state index in [1.807, 2.05) is 19.1 Å². The van der Waals surface area contributed by atoms with Gasteiger partial charge in [0.25, 0.3) is 5.91 Å². The Balaban J connectivity index is 1.27. The van der Waals surface area contributed by atoms with Gasteiger partial charge in [0.2, 0.25) is 0 Å². The van der Waals surface area contributed by atoms with Crippen molar-refractivity contribution in [3.8, 4) is 0 Å². The molecule has 6 heteroatoms. The molecule has 3 heterocycles. The van der Waals surface area contributed by atoms with Crippen molar-refractivity contribution in [1.82, 2.24) is 0 Å². The van der Waals surface area contributed by atoms with Crippen molar-refractivity contribution in [2.45, 2.75) is 63.4 Å². The van der Waals surface area contributed by atoms with Crippen LogP contribution < -0.4 is 10.2 Å². The highest BCUT2D eigenvalue weighted by atomic mass is 16.5. The van der Waals surface area contributed by atoms with Crippen LogP contribution in [-0.4, -0.2) is 42.9 Å². The molecule has 3 fully saturated rings. The Morgan fingerprint density at radius 1 is 1.12 bits per heavy atom. The number of hydrogen-bond donors (Lipinski definition) is 2. The molecule has 32 heavy (non-hydrogen) atoms. The molecule has 2 saturated heterocycles. The summed E-state index contributed by atoms with van der Waals surface area (Å²) in [7, 11) is 0. The van der Waals surface area contributed by atoms with E-state index in [9.17, 15) is 9.90 Å². The maximum Gasteiger partial charge on any atom is 0.291 e. The Morgan fingerprint density at radius 3 is 2.59 bits per heavy atom. The zero-order valence-corrected chi connectivity index (χ0v) is 18.9. The molecule has 1 saturated carbocycles. The van der Waals surface area contributed by atoms with Crippen LogP contribution >= 0.6 is 0 Å². The standard InChI is InChI=1S/C26H34N2O4/c1-18-2-5-22(28-12-10-26(30,11-13-28)17-19-3-4-19)21(16-18)27-25(29)24-7-6-23(32-24)20-8-14-31-15-9-20/h2,5-7,16,19-20,30H,3-4,8-15,17H2,1H3,(H,27,29). The number of aryl methyl sites for hydroxylation is 1. The average molecular weight is 439 g/mol. The number of furan rings is 1. The minimum atomic E-state index is -0.527. The second-order valence-corrected chi connectivity index (χ2v) is 9.92. The molecule has 6 nitrogen and oxygen atoms in total. The first kappa shape index (κ1) is 21.5. The van der Waals surface area contributed by atoms with Crippen molar-refractivity contribution in [2.24, 2.45) is 5.92 Å². The lowest BCUT2D eigenvalue weighted by Gasteiger charge is -2.40. The van der Waals surface area contributed by atoms with E-state index in [1.54, 1.807) is 6.07 Å². The minimum absolute atomic E-state index is 0.225. The monoisotopic (exact) mass is 438 g/mol. The zero-order chi connectivity index (χ0) is 22.1. The topological polar surface area (TPSA) is 74.9 Å². The van der Waals surface area contributed by atoms with Gasteiger partial charge in [-0.1, -0.05) is 18.9 Å². The lowest BCUT2D eigenvalue weighted by Crippen LogP contribution is -2.45. The van der Waals surface area contributed by atoms with Crippen molar-refractivity contribution in [3.05, 3.63) is 47.4 Å². The molecule has 0 spiro atoms. The van der Waals surface area contributed by atoms with E-state index in [-0.39, 0.29) is 5.91 Å². The fraction of sp³-hybridized carbons (Fsp3) is 0.577. The largest absolute Gasteiger partial charge is 0.456 e. The van der Waals surface area contributed by atoms with Crippen LogP contribution in [0, 0.1) is 12.8 Å². The summed E-state index contributed by atoms with van der Waals surface area (Å²) in [5.74, 6) is 2.03. The number of amides is 1. The molecule has 2 aromatic rings. The first-order valence-corrected chi connectivity index (χ1v) is 12.1.